The van der Waals surface area contributed by atoms with Crippen LogP contribution in [0.4, 0.5) is 11.4 Å². The second-order valence-electron chi connectivity index (χ2n) is 5.95. The molecule has 0 radical (unpaired) electrons. The molecule has 152 valence electrons. The summed E-state index contributed by atoms with van der Waals surface area (Å²) in [5.41, 5.74) is 1.99. The summed E-state index contributed by atoms with van der Waals surface area (Å²) in [5.74, 6) is 1.15. The van der Waals surface area contributed by atoms with Crippen LogP contribution in [0.15, 0.2) is 54.0 Å². The van der Waals surface area contributed by atoms with Gasteiger partial charge in [0.05, 0.1) is 30.4 Å². The summed E-state index contributed by atoms with van der Waals surface area (Å²) in [5, 5.41) is 26.0. The average Bonchev–Trinajstić information content (AvgIpc) is 3.25. The Morgan fingerprint density at radius 2 is 2.03 bits per heavy atom. The van der Waals surface area contributed by atoms with Crippen molar-refractivity contribution in [1.29, 1.82) is 5.26 Å². The summed E-state index contributed by atoms with van der Waals surface area (Å²) in [7, 11) is 1.43. The van der Waals surface area contributed by atoms with Crippen molar-refractivity contribution in [3.63, 3.8) is 0 Å². The zero-order valence-electron chi connectivity index (χ0n) is 16.3. The number of aromatic nitrogens is 1. The third kappa shape index (κ3) is 4.74. The number of benzene rings is 2. The molecule has 3 rings (SSSR count). The van der Waals surface area contributed by atoms with E-state index in [2.05, 4.69) is 16.4 Å². The minimum atomic E-state index is -0.516. The lowest BCUT2D eigenvalue weighted by molar-refractivity contribution is -0.384. The van der Waals surface area contributed by atoms with E-state index < -0.39 is 4.92 Å². The SMILES string of the molecule is CCOc1ccc(-c2csc(C(C#N)=CNc3ccc(OC)cc3[N+](=O)[O-])n2)cc1. The van der Waals surface area contributed by atoms with Crippen molar-refractivity contribution in [2.24, 2.45) is 0 Å². The molecule has 8 nitrogen and oxygen atoms in total. The maximum atomic E-state index is 11.3. The van der Waals surface area contributed by atoms with Crippen LogP contribution in [0, 0.1) is 21.4 Å². The van der Waals surface area contributed by atoms with Crippen molar-refractivity contribution in [3.05, 3.63) is 69.2 Å². The molecule has 0 saturated heterocycles. The molecule has 0 aliphatic rings. The van der Waals surface area contributed by atoms with E-state index in [0.717, 1.165) is 17.0 Å². The van der Waals surface area contributed by atoms with E-state index >= 15 is 0 Å². The molecular formula is C21H18N4O4S. The number of nitriles is 1. The van der Waals surface area contributed by atoms with Gasteiger partial charge in [-0.1, -0.05) is 0 Å². The van der Waals surface area contributed by atoms with Gasteiger partial charge in [0, 0.05) is 17.1 Å². The summed E-state index contributed by atoms with van der Waals surface area (Å²) in [6.45, 7) is 2.51. The summed E-state index contributed by atoms with van der Waals surface area (Å²) < 4.78 is 10.5. The van der Waals surface area contributed by atoms with E-state index in [9.17, 15) is 15.4 Å². The number of nitrogens with zero attached hydrogens (tertiary/aromatic N) is 3. The Morgan fingerprint density at radius 1 is 1.30 bits per heavy atom. The quantitative estimate of drug-likeness (QED) is 0.305. The molecule has 1 heterocycles. The molecule has 9 heteroatoms. The fourth-order valence-electron chi connectivity index (χ4n) is 2.62. The Labute approximate surface area is 177 Å². The highest BCUT2D eigenvalue weighted by molar-refractivity contribution is 7.11. The van der Waals surface area contributed by atoms with Gasteiger partial charge in [0.2, 0.25) is 0 Å². The first-order valence-electron chi connectivity index (χ1n) is 8.94. The van der Waals surface area contributed by atoms with E-state index in [1.54, 1.807) is 6.07 Å². The molecule has 0 aliphatic heterocycles. The summed E-state index contributed by atoms with van der Waals surface area (Å²) >= 11 is 1.32. The van der Waals surface area contributed by atoms with Crippen LogP contribution in [0.5, 0.6) is 11.5 Å². The minimum absolute atomic E-state index is 0.155. The van der Waals surface area contributed by atoms with Crippen LogP contribution in [-0.2, 0) is 0 Å². The molecule has 30 heavy (non-hydrogen) atoms. The number of nitro groups is 1. The van der Waals surface area contributed by atoms with E-state index in [1.165, 1.54) is 36.8 Å². The van der Waals surface area contributed by atoms with E-state index in [0.29, 0.717) is 17.4 Å². The van der Waals surface area contributed by atoms with Crippen molar-refractivity contribution in [2.75, 3.05) is 19.0 Å². The van der Waals surface area contributed by atoms with Crippen LogP contribution in [0.25, 0.3) is 16.8 Å². The van der Waals surface area contributed by atoms with Crippen LogP contribution in [0.1, 0.15) is 11.9 Å². The summed E-state index contributed by atoms with van der Waals surface area (Å²) in [6, 6.07) is 14.1. The van der Waals surface area contributed by atoms with Gasteiger partial charge in [-0.3, -0.25) is 10.1 Å². The second kappa shape index (κ2) is 9.54. The number of ether oxygens (including phenoxy) is 2. The fraction of sp³-hybridized carbons (Fsp3) is 0.143. The first-order chi connectivity index (χ1) is 14.5. The third-order valence-corrected chi connectivity index (χ3v) is 4.97. The molecule has 0 fully saturated rings. The van der Waals surface area contributed by atoms with Gasteiger partial charge in [0.25, 0.3) is 5.69 Å². The van der Waals surface area contributed by atoms with Crippen LogP contribution in [0.3, 0.4) is 0 Å². The molecule has 3 aromatic rings. The van der Waals surface area contributed by atoms with Gasteiger partial charge >= 0.3 is 0 Å². The Balaban J connectivity index is 1.83. The number of hydrogen-bond acceptors (Lipinski definition) is 8. The van der Waals surface area contributed by atoms with Gasteiger partial charge in [-0.05, 0) is 43.3 Å². The van der Waals surface area contributed by atoms with Crippen LogP contribution >= 0.6 is 11.3 Å². The lowest BCUT2D eigenvalue weighted by atomic mass is 10.2. The van der Waals surface area contributed by atoms with Crippen molar-refractivity contribution in [1.82, 2.24) is 4.98 Å². The monoisotopic (exact) mass is 422 g/mol. The van der Waals surface area contributed by atoms with Gasteiger partial charge in [-0.15, -0.1) is 11.3 Å². The highest BCUT2D eigenvalue weighted by atomic mass is 32.1. The molecule has 2 aromatic carbocycles. The zero-order chi connectivity index (χ0) is 21.5. The molecule has 0 unspecified atom stereocenters. The Morgan fingerprint density at radius 3 is 2.67 bits per heavy atom. The highest BCUT2D eigenvalue weighted by Crippen LogP contribution is 2.31. The molecule has 0 saturated carbocycles. The summed E-state index contributed by atoms with van der Waals surface area (Å²) in [4.78, 5) is 15.3. The Bertz CT molecular complexity index is 1120. The largest absolute Gasteiger partial charge is 0.496 e. The molecule has 0 amide bonds. The van der Waals surface area contributed by atoms with E-state index in [-0.39, 0.29) is 16.9 Å². The van der Waals surface area contributed by atoms with Crippen LogP contribution < -0.4 is 14.8 Å². The normalized spacial score (nSPS) is 10.9. The molecule has 0 spiro atoms. The van der Waals surface area contributed by atoms with Gasteiger partial charge in [0.1, 0.15) is 33.8 Å². The fourth-order valence-corrected chi connectivity index (χ4v) is 3.42. The maximum absolute atomic E-state index is 11.3. The molecule has 1 aromatic heterocycles. The van der Waals surface area contributed by atoms with Gasteiger partial charge < -0.3 is 14.8 Å². The number of methoxy groups -OCH3 is 1. The molecule has 1 N–H and O–H groups in total. The van der Waals surface area contributed by atoms with Gasteiger partial charge in [-0.25, -0.2) is 4.98 Å². The standard InChI is InChI=1S/C21H18N4O4S/c1-3-29-16-6-4-14(5-7-16)19-13-30-21(24-19)15(11-22)12-23-18-9-8-17(28-2)10-20(18)25(26)27/h4-10,12-13,23H,3H2,1-2H3. The van der Waals surface area contributed by atoms with E-state index in [1.807, 2.05) is 36.6 Å². The number of rotatable bonds is 8. The third-order valence-electron chi connectivity index (χ3n) is 4.09. The Hall–Kier alpha value is -3.90. The lowest BCUT2D eigenvalue weighted by Crippen LogP contribution is -1.98. The smallest absolute Gasteiger partial charge is 0.296 e. The van der Waals surface area contributed by atoms with E-state index in [4.69, 9.17) is 9.47 Å². The lowest BCUT2D eigenvalue weighted by Gasteiger charge is -2.05. The minimum Gasteiger partial charge on any atom is -0.496 e. The van der Waals surface area contributed by atoms with Crippen molar-refractivity contribution < 1.29 is 14.4 Å². The first-order valence-corrected chi connectivity index (χ1v) is 9.82. The Kier molecular flexibility index (Phi) is 6.62. The molecular weight excluding hydrogens is 404 g/mol. The first kappa shape index (κ1) is 20.8. The molecule has 0 bridgehead atoms. The number of allylic oxidation sites excluding steroid dienone is 1. The average molecular weight is 422 g/mol. The predicted molar refractivity (Wildman–Crippen MR) is 116 cm³/mol. The molecule has 0 atom stereocenters. The molecule has 0 aliphatic carbocycles. The van der Waals surface area contributed by atoms with Crippen molar-refractivity contribution in [2.45, 2.75) is 6.92 Å². The van der Waals surface area contributed by atoms with Gasteiger partial charge in [0.15, 0.2) is 0 Å². The van der Waals surface area contributed by atoms with Crippen LogP contribution in [0.2, 0.25) is 0 Å². The zero-order valence-corrected chi connectivity index (χ0v) is 17.1. The number of nitrogens with one attached hydrogen (secondary N) is 1. The van der Waals surface area contributed by atoms with Crippen molar-refractivity contribution in [3.8, 4) is 28.8 Å². The van der Waals surface area contributed by atoms with Gasteiger partial charge in [-0.2, -0.15) is 5.26 Å². The number of thiazole rings is 1. The summed E-state index contributed by atoms with van der Waals surface area (Å²) in [6.07, 6.45) is 1.41. The van der Waals surface area contributed by atoms with Crippen LogP contribution in [-0.4, -0.2) is 23.6 Å². The highest BCUT2D eigenvalue weighted by Gasteiger charge is 2.15. The number of hydrogen-bond donors (Lipinski definition) is 1. The van der Waals surface area contributed by atoms with Crippen molar-refractivity contribution >= 4 is 28.3 Å². The second-order valence-corrected chi connectivity index (χ2v) is 6.81. The topological polar surface area (TPSA) is 110 Å². The maximum Gasteiger partial charge on any atom is 0.296 e. The predicted octanol–water partition coefficient (Wildman–Crippen LogP) is 5.10. The number of nitro benzene ring substituents is 1. The number of anilines is 1.